The molecule has 0 unspecified atom stereocenters. The van der Waals surface area contributed by atoms with E-state index in [4.69, 9.17) is 14.2 Å². The first-order valence-corrected chi connectivity index (χ1v) is 7.35. The quantitative estimate of drug-likeness (QED) is 0.621. The van der Waals surface area contributed by atoms with E-state index in [0.29, 0.717) is 23.7 Å². The van der Waals surface area contributed by atoms with Gasteiger partial charge in [0.1, 0.15) is 17.2 Å². The fourth-order valence-corrected chi connectivity index (χ4v) is 2.03. The first-order chi connectivity index (χ1) is 11.5. The molecule has 0 fully saturated rings. The summed E-state index contributed by atoms with van der Waals surface area (Å²) in [4.78, 5) is 23.6. The first kappa shape index (κ1) is 17.3. The molecule has 2 aromatic carbocycles. The molecule has 0 aliphatic heterocycles. The number of ketones is 1. The number of carbonyl (C=O) groups is 2. The van der Waals surface area contributed by atoms with Crippen molar-refractivity contribution in [1.82, 2.24) is 0 Å². The van der Waals surface area contributed by atoms with E-state index in [1.165, 1.54) is 19.2 Å². The molecule has 126 valence electrons. The Bertz CT molecular complexity index is 721. The molecule has 2 aromatic rings. The minimum absolute atomic E-state index is 0.151. The van der Waals surface area contributed by atoms with Crippen LogP contribution in [-0.2, 0) is 9.53 Å². The van der Waals surface area contributed by atoms with Crippen molar-refractivity contribution < 1.29 is 28.9 Å². The number of hydrogen-bond donors (Lipinski definition) is 1. The van der Waals surface area contributed by atoms with Crippen molar-refractivity contribution in [2.75, 3.05) is 20.3 Å². The third kappa shape index (κ3) is 4.25. The Morgan fingerprint density at radius 2 is 1.71 bits per heavy atom. The van der Waals surface area contributed by atoms with E-state index in [1.54, 1.807) is 37.3 Å². The molecule has 0 saturated heterocycles. The van der Waals surface area contributed by atoms with Crippen LogP contribution in [0.4, 0.5) is 0 Å². The predicted octanol–water partition coefficient (Wildman–Crippen LogP) is 2.57. The van der Waals surface area contributed by atoms with Gasteiger partial charge in [0, 0.05) is 11.6 Å². The van der Waals surface area contributed by atoms with Crippen LogP contribution < -0.4 is 9.47 Å². The Balaban J connectivity index is 2.07. The molecule has 0 aromatic heterocycles. The number of esters is 1. The second-order valence-electron chi connectivity index (χ2n) is 4.83. The Hall–Kier alpha value is -3.02. The average Bonchev–Trinajstić information content (AvgIpc) is 2.60. The lowest BCUT2D eigenvalue weighted by atomic mass is 10.0. The molecule has 6 nitrogen and oxygen atoms in total. The van der Waals surface area contributed by atoms with Crippen LogP contribution in [0, 0.1) is 0 Å². The van der Waals surface area contributed by atoms with Gasteiger partial charge in [-0.15, -0.1) is 0 Å². The molecule has 2 rings (SSSR count). The fraction of sp³-hybridized carbons (Fsp3) is 0.222. The third-order valence-electron chi connectivity index (χ3n) is 3.23. The summed E-state index contributed by atoms with van der Waals surface area (Å²) in [6, 6.07) is 10.8. The molecule has 1 N–H and O–H groups in total. The average molecular weight is 330 g/mol. The Kier molecular flexibility index (Phi) is 5.78. The number of rotatable bonds is 7. The summed E-state index contributed by atoms with van der Waals surface area (Å²) in [6.07, 6.45) is 0. The van der Waals surface area contributed by atoms with Crippen molar-refractivity contribution in [3.05, 3.63) is 53.6 Å². The summed E-state index contributed by atoms with van der Waals surface area (Å²) in [7, 11) is 1.48. The monoisotopic (exact) mass is 330 g/mol. The van der Waals surface area contributed by atoms with Crippen LogP contribution in [0.2, 0.25) is 0 Å². The molecule has 6 heteroatoms. The maximum atomic E-state index is 12.4. The lowest BCUT2D eigenvalue weighted by molar-refractivity contribution is -0.145. The van der Waals surface area contributed by atoms with Crippen LogP contribution in [0.15, 0.2) is 42.5 Å². The summed E-state index contributed by atoms with van der Waals surface area (Å²) >= 11 is 0. The van der Waals surface area contributed by atoms with Gasteiger partial charge in [-0.05, 0) is 43.3 Å². The summed E-state index contributed by atoms with van der Waals surface area (Å²) in [5.41, 5.74) is 0.565. The van der Waals surface area contributed by atoms with Crippen molar-refractivity contribution in [3.63, 3.8) is 0 Å². The largest absolute Gasteiger partial charge is 0.507 e. The number of phenols is 1. The van der Waals surface area contributed by atoms with Gasteiger partial charge in [-0.3, -0.25) is 4.79 Å². The fourth-order valence-electron chi connectivity index (χ4n) is 2.03. The van der Waals surface area contributed by atoms with Crippen LogP contribution in [0.1, 0.15) is 22.8 Å². The molecule has 0 aliphatic rings. The smallest absolute Gasteiger partial charge is 0.344 e. The van der Waals surface area contributed by atoms with Gasteiger partial charge in [0.05, 0.1) is 19.3 Å². The third-order valence-corrected chi connectivity index (χ3v) is 3.23. The molecule has 0 aliphatic carbocycles. The van der Waals surface area contributed by atoms with Crippen LogP contribution in [0.3, 0.4) is 0 Å². The minimum Gasteiger partial charge on any atom is -0.507 e. The van der Waals surface area contributed by atoms with Crippen molar-refractivity contribution >= 4 is 11.8 Å². The maximum Gasteiger partial charge on any atom is 0.344 e. The van der Waals surface area contributed by atoms with Gasteiger partial charge in [0.2, 0.25) is 0 Å². The number of methoxy groups -OCH3 is 1. The van der Waals surface area contributed by atoms with Gasteiger partial charge in [0.15, 0.2) is 12.4 Å². The Morgan fingerprint density at radius 1 is 1.04 bits per heavy atom. The number of aromatic hydroxyl groups is 1. The van der Waals surface area contributed by atoms with Gasteiger partial charge in [-0.2, -0.15) is 0 Å². The second kappa shape index (κ2) is 8.01. The van der Waals surface area contributed by atoms with Gasteiger partial charge in [-0.1, -0.05) is 0 Å². The maximum absolute atomic E-state index is 12.4. The second-order valence-corrected chi connectivity index (χ2v) is 4.83. The molecule has 0 atom stereocenters. The van der Waals surface area contributed by atoms with E-state index in [-0.39, 0.29) is 23.7 Å². The molecule has 24 heavy (non-hydrogen) atoms. The van der Waals surface area contributed by atoms with Crippen LogP contribution >= 0.6 is 0 Å². The van der Waals surface area contributed by atoms with Crippen molar-refractivity contribution in [2.24, 2.45) is 0 Å². The number of phenolic OH excluding ortho intramolecular Hbond substituents is 1. The molecular weight excluding hydrogens is 312 g/mol. The van der Waals surface area contributed by atoms with E-state index in [9.17, 15) is 14.7 Å². The van der Waals surface area contributed by atoms with Crippen molar-refractivity contribution in [3.8, 4) is 17.2 Å². The highest BCUT2D eigenvalue weighted by Gasteiger charge is 2.14. The molecule has 0 saturated carbocycles. The number of benzene rings is 2. The summed E-state index contributed by atoms with van der Waals surface area (Å²) in [6.45, 7) is 1.81. The number of carbonyl (C=O) groups excluding carboxylic acids is 2. The van der Waals surface area contributed by atoms with Gasteiger partial charge >= 0.3 is 5.97 Å². The first-order valence-electron chi connectivity index (χ1n) is 7.35. The van der Waals surface area contributed by atoms with Gasteiger partial charge < -0.3 is 19.3 Å². The zero-order valence-corrected chi connectivity index (χ0v) is 13.4. The summed E-state index contributed by atoms with van der Waals surface area (Å²) < 4.78 is 15.0. The Morgan fingerprint density at radius 3 is 2.29 bits per heavy atom. The highest BCUT2D eigenvalue weighted by molar-refractivity contribution is 6.10. The standard InChI is InChI=1S/C18H18O6/c1-3-23-17(20)11-24-13-6-4-12(5-7-13)18(21)15-9-8-14(22-2)10-16(15)19/h4-10,19H,3,11H2,1-2H3. The molecule has 0 spiro atoms. The SMILES string of the molecule is CCOC(=O)COc1ccc(C(=O)c2ccc(OC)cc2O)cc1. The number of hydrogen-bond acceptors (Lipinski definition) is 6. The summed E-state index contributed by atoms with van der Waals surface area (Å²) in [5.74, 6) is -0.0276. The molecule has 0 bridgehead atoms. The van der Waals surface area contributed by atoms with Crippen molar-refractivity contribution in [2.45, 2.75) is 6.92 Å². The lowest BCUT2D eigenvalue weighted by Gasteiger charge is -2.08. The lowest BCUT2D eigenvalue weighted by Crippen LogP contribution is -2.14. The van der Waals surface area contributed by atoms with E-state index in [1.807, 2.05) is 0 Å². The highest BCUT2D eigenvalue weighted by Crippen LogP contribution is 2.26. The normalized spacial score (nSPS) is 10.1. The molecule has 0 amide bonds. The zero-order chi connectivity index (χ0) is 17.5. The van der Waals surface area contributed by atoms with Crippen LogP contribution in [0.5, 0.6) is 17.2 Å². The van der Waals surface area contributed by atoms with E-state index in [2.05, 4.69) is 0 Å². The Labute approximate surface area is 139 Å². The topological polar surface area (TPSA) is 82.1 Å². The molecule has 0 radical (unpaired) electrons. The summed E-state index contributed by atoms with van der Waals surface area (Å²) in [5, 5.41) is 9.93. The predicted molar refractivity (Wildman–Crippen MR) is 86.7 cm³/mol. The van der Waals surface area contributed by atoms with Crippen LogP contribution in [0.25, 0.3) is 0 Å². The number of ether oxygens (including phenoxy) is 3. The molecule has 0 heterocycles. The van der Waals surface area contributed by atoms with Crippen molar-refractivity contribution in [1.29, 1.82) is 0 Å². The van der Waals surface area contributed by atoms with Gasteiger partial charge in [-0.25, -0.2) is 4.79 Å². The zero-order valence-electron chi connectivity index (χ0n) is 13.4. The van der Waals surface area contributed by atoms with E-state index in [0.717, 1.165) is 0 Å². The van der Waals surface area contributed by atoms with E-state index < -0.39 is 5.97 Å². The molecular formula is C18H18O6. The minimum atomic E-state index is -0.458. The van der Waals surface area contributed by atoms with Gasteiger partial charge in [0.25, 0.3) is 0 Å². The van der Waals surface area contributed by atoms with Crippen LogP contribution in [-0.4, -0.2) is 37.2 Å². The highest BCUT2D eigenvalue weighted by atomic mass is 16.6. The van der Waals surface area contributed by atoms with E-state index >= 15 is 0 Å².